The van der Waals surface area contributed by atoms with Gasteiger partial charge in [-0.05, 0) is 31.4 Å². The summed E-state index contributed by atoms with van der Waals surface area (Å²) in [5.74, 6) is -0.311. The topological polar surface area (TPSA) is 127 Å². The number of benzene rings is 1. The fourth-order valence-corrected chi connectivity index (χ4v) is 6.29. The zero-order valence-electron chi connectivity index (χ0n) is 13.4. The van der Waals surface area contributed by atoms with E-state index in [2.05, 4.69) is 4.72 Å². The van der Waals surface area contributed by atoms with Crippen molar-refractivity contribution < 1.29 is 21.8 Å². The largest absolute Gasteiger partial charge is 0.366 e. The highest BCUT2D eigenvalue weighted by molar-refractivity contribution is 7.92. The van der Waals surface area contributed by atoms with Gasteiger partial charge < -0.3 is 4.90 Å². The number of nitrogens with zero attached hydrogens (tertiary/aromatic N) is 2. The van der Waals surface area contributed by atoms with E-state index >= 15 is 0 Å². The van der Waals surface area contributed by atoms with Crippen molar-refractivity contribution in [3.63, 3.8) is 0 Å². The van der Waals surface area contributed by atoms with Gasteiger partial charge in [0, 0.05) is 25.2 Å². The molecule has 2 aliphatic heterocycles. The van der Waals surface area contributed by atoms with Gasteiger partial charge in [0.2, 0.25) is 10.0 Å². The molecule has 0 amide bonds. The van der Waals surface area contributed by atoms with Gasteiger partial charge in [-0.1, -0.05) is 0 Å². The molecule has 1 N–H and O–H groups in total. The highest BCUT2D eigenvalue weighted by Crippen LogP contribution is 2.33. The van der Waals surface area contributed by atoms with Crippen LogP contribution in [0.1, 0.15) is 19.3 Å². The Bertz CT molecular complexity index is 891. The molecule has 0 unspecified atom stereocenters. The quantitative estimate of drug-likeness (QED) is 0.579. The van der Waals surface area contributed by atoms with E-state index in [4.69, 9.17) is 0 Å². The Kier molecular flexibility index (Phi) is 4.73. The van der Waals surface area contributed by atoms with Crippen LogP contribution in [0.5, 0.6) is 0 Å². The number of anilines is 1. The van der Waals surface area contributed by atoms with Gasteiger partial charge in [0.25, 0.3) is 5.69 Å². The first-order valence-corrected chi connectivity index (χ1v) is 11.2. The Hall–Kier alpha value is -1.72. The van der Waals surface area contributed by atoms with Gasteiger partial charge in [-0.3, -0.25) is 10.1 Å². The van der Waals surface area contributed by atoms with Gasteiger partial charge in [-0.15, -0.1) is 0 Å². The molecule has 2 aliphatic rings. The van der Waals surface area contributed by atoms with E-state index in [1.54, 1.807) is 0 Å². The van der Waals surface area contributed by atoms with Crippen molar-refractivity contribution in [2.45, 2.75) is 30.2 Å². The van der Waals surface area contributed by atoms with E-state index in [9.17, 15) is 26.9 Å². The fourth-order valence-electron chi connectivity index (χ4n) is 3.22. The summed E-state index contributed by atoms with van der Waals surface area (Å²) in [4.78, 5) is 12.4. The van der Waals surface area contributed by atoms with Gasteiger partial charge in [0.1, 0.15) is 5.69 Å². The van der Waals surface area contributed by atoms with E-state index in [1.807, 2.05) is 4.90 Å². The summed E-state index contributed by atoms with van der Waals surface area (Å²) in [6.07, 6.45) is 2.08. The molecule has 0 saturated carbocycles. The summed E-state index contributed by atoms with van der Waals surface area (Å²) >= 11 is 0. The molecule has 1 aromatic rings. The van der Waals surface area contributed by atoms with Crippen molar-refractivity contribution in [3.05, 3.63) is 28.3 Å². The summed E-state index contributed by atoms with van der Waals surface area (Å²) in [5.41, 5.74) is 0.147. The summed E-state index contributed by atoms with van der Waals surface area (Å²) in [6, 6.07) is 3.11. The van der Waals surface area contributed by atoms with E-state index in [1.165, 1.54) is 12.1 Å². The van der Waals surface area contributed by atoms with Gasteiger partial charge >= 0.3 is 0 Å². The summed E-state index contributed by atoms with van der Waals surface area (Å²) in [5, 5.41) is 11.4. The van der Waals surface area contributed by atoms with E-state index in [0.29, 0.717) is 18.8 Å². The third kappa shape index (κ3) is 3.93. The van der Waals surface area contributed by atoms with Crippen molar-refractivity contribution in [3.8, 4) is 0 Å². The maximum absolute atomic E-state index is 12.5. The van der Waals surface area contributed by atoms with Crippen LogP contribution < -0.4 is 9.62 Å². The second kappa shape index (κ2) is 6.54. The van der Waals surface area contributed by atoms with Crippen molar-refractivity contribution in [1.29, 1.82) is 0 Å². The molecule has 3 rings (SSSR count). The zero-order chi connectivity index (χ0) is 18.2. The van der Waals surface area contributed by atoms with Crippen molar-refractivity contribution in [2.24, 2.45) is 0 Å². The molecule has 11 heteroatoms. The van der Waals surface area contributed by atoms with Crippen LogP contribution in [0.3, 0.4) is 0 Å². The van der Waals surface area contributed by atoms with Gasteiger partial charge in [-0.2, -0.15) is 0 Å². The molecular formula is C14H19N3O6S2. The van der Waals surface area contributed by atoms with Crippen LogP contribution >= 0.6 is 0 Å². The van der Waals surface area contributed by atoms with E-state index < -0.39 is 30.8 Å². The molecule has 0 spiro atoms. The standard InChI is InChI=1S/C14H19N3O6S2/c18-17(19)14-9-12(3-4-13(14)16-6-1-2-7-16)25(22,23)15-11-5-8-24(20,21)10-11/h3-4,9,11,15H,1-2,5-8,10H2/t11-/m1/s1. The Labute approximate surface area is 146 Å². The maximum atomic E-state index is 12.5. The van der Waals surface area contributed by atoms with E-state index in [-0.39, 0.29) is 28.5 Å². The molecule has 1 aromatic carbocycles. The maximum Gasteiger partial charge on any atom is 0.293 e. The monoisotopic (exact) mass is 389 g/mol. The number of nitro groups is 1. The third-order valence-corrected chi connectivity index (χ3v) is 7.74. The molecule has 9 nitrogen and oxygen atoms in total. The lowest BCUT2D eigenvalue weighted by atomic mass is 10.2. The first kappa shape index (κ1) is 18.1. The minimum absolute atomic E-state index is 0.0613. The first-order chi connectivity index (χ1) is 11.7. The Morgan fingerprint density at radius 1 is 1.24 bits per heavy atom. The van der Waals surface area contributed by atoms with Crippen LogP contribution in [0.2, 0.25) is 0 Å². The summed E-state index contributed by atoms with van der Waals surface area (Å²) in [6.45, 7) is 1.40. The number of nitro benzene ring substituents is 1. The van der Waals surface area contributed by atoms with Gasteiger partial charge in [0.05, 0.1) is 21.3 Å². The Morgan fingerprint density at radius 3 is 2.48 bits per heavy atom. The van der Waals surface area contributed by atoms with Crippen LogP contribution in [0.15, 0.2) is 23.1 Å². The van der Waals surface area contributed by atoms with Gasteiger partial charge in [-0.25, -0.2) is 21.6 Å². The molecule has 1 atom stereocenters. The molecule has 0 radical (unpaired) electrons. The molecule has 0 aromatic heterocycles. The Balaban J connectivity index is 1.88. The zero-order valence-corrected chi connectivity index (χ0v) is 15.1. The van der Waals surface area contributed by atoms with Crippen molar-refractivity contribution in [1.82, 2.24) is 4.72 Å². The summed E-state index contributed by atoms with van der Waals surface area (Å²) < 4.78 is 50.2. The predicted octanol–water partition coefficient (Wildman–Crippen LogP) is 0.660. The summed E-state index contributed by atoms with van der Waals surface area (Å²) in [7, 11) is -7.26. The molecule has 0 bridgehead atoms. The molecule has 0 aliphatic carbocycles. The molecule has 25 heavy (non-hydrogen) atoms. The molecule has 138 valence electrons. The number of hydrogen-bond donors (Lipinski definition) is 1. The van der Waals surface area contributed by atoms with Gasteiger partial charge in [0.15, 0.2) is 9.84 Å². The number of hydrogen-bond acceptors (Lipinski definition) is 7. The lowest BCUT2D eigenvalue weighted by Gasteiger charge is -2.18. The predicted molar refractivity (Wildman–Crippen MR) is 91.9 cm³/mol. The van der Waals surface area contributed by atoms with Crippen LogP contribution in [-0.4, -0.2) is 52.4 Å². The number of sulfonamides is 1. The van der Waals surface area contributed by atoms with Crippen LogP contribution in [0.4, 0.5) is 11.4 Å². The number of nitrogens with one attached hydrogen (secondary N) is 1. The average Bonchev–Trinajstić information content (AvgIpc) is 3.16. The SMILES string of the molecule is O=[N+]([O-])c1cc(S(=O)(=O)N[C@@H]2CCS(=O)(=O)C2)ccc1N1CCCC1. The minimum atomic E-state index is -4.03. The third-order valence-electron chi connectivity index (χ3n) is 4.45. The smallest absolute Gasteiger partial charge is 0.293 e. The second-order valence-corrected chi connectivity index (χ2v) is 10.3. The molecule has 2 fully saturated rings. The molecular weight excluding hydrogens is 370 g/mol. The van der Waals surface area contributed by atoms with Crippen molar-refractivity contribution in [2.75, 3.05) is 29.5 Å². The number of sulfone groups is 1. The second-order valence-electron chi connectivity index (χ2n) is 6.32. The highest BCUT2D eigenvalue weighted by atomic mass is 32.2. The highest BCUT2D eigenvalue weighted by Gasteiger charge is 2.32. The molecule has 2 saturated heterocycles. The fraction of sp³-hybridized carbons (Fsp3) is 0.571. The van der Waals surface area contributed by atoms with Crippen LogP contribution in [0, 0.1) is 10.1 Å². The number of rotatable bonds is 5. The normalized spacial score (nSPS) is 23.0. The van der Waals surface area contributed by atoms with Crippen LogP contribution in [0.25, 0.3) is 0 Å². The first-order valence-electron chi connectivity index (χ1n) is 7.94. The minimum Gasteiger partial charge on any atom is -0.366 e. The lowest BCUT2D eigenvalue weighted by molar-refractivity contribution is -0.384. The van der Waals surface area contributed by atoms with Crippen molar-refractivity contribution >= 4 is 31.2 Å². The lowest BCUT2D eigenvalue weighted by Crippen LogP contribution is -2.35. The van der Waals surface area contributed by atoms with Crippen LogP contribution in [-0.2, 0) is 19.9 Å². The average molecular weight is 389 g/mol. The van der Waals surface area contributed by atoms with E-state index in [0.717, 1.165) is 18.9 Å². The Morgan fingerprint density at radius 2 is 1.92 bits per heavy atom. The molecule has 2 heterocycles.